The monoisotopic (exact) mass is 287 g/mol. The largest absolute Gasteiger partial charge is 0.494 e. The van der Waals surface area contributed by atoms with E-state index in [1.165, 1.54) is 0 Å². The summed E-state index contributed by atoms with van der Waals surface area (Å²) in [5.74, 6) is 0.781. The van der Waals surface area contributed by atoms with E-state index in [0.29, 0.717) is 12.2 Å². The first-order valence-electron chi connectivity index (χ1n) is 7.17. The standard InChI is InChI=1S/C17H21NO3/c1-4-21-15-7-5-6-13(10-15)16-9-8-14(11-19)17(20)18(16)12(2)3/h5-10,12,19H,4,11H2,1-3H3. The van der Waals surface area contributed by atoms with Crippen molar-refractivity contribution in [1.29, 1.82) is 0 Å². The molecule has 2 aromatic rings. The molecule has 0 amide bonds. The molecule has 4 nitrogen and oxygen atoms in total. The van der Waals surface area contributed by atoms with Crippen molar-refractivity contribution in [2.24, 2.45) is 0 Å². The van der Waals surface area contributed by atoms with Crippen LogP contribution < -0.4 is 10.3 Å². The Kier molecular flexibility index (Phi) is 4.81. The summed E-state index contributed by atoms with van der Waals surface area (Å²) in [6.45, 7) is 6.21. The molecular weight excluding hydrogens is 266 g/mol. The highest BCUT2D eigenvalue weighted by atomic mass is 16.5. The van der Waals surface area contributed by atoms with Gasteiger partial charge in [0.25, 0.3) is 5.56 Å². The van der Waals surface area contributed by atoms with E-state index in [0.717, 1.165) is 17.0 Å². The first-order chi connectivity index (χ1) is 10.1. The van der Waals surface area contributed by atoms with Crippen LogP contribution in [0.4, 0.5) is 0 Å². The zero-order chi connectivity index (χ0) is 15.4. The number of aromatic nitrogens is 1. The molecule has 0 aliphatic heterocycles. The number of aliphatic hydroxyl groups is 1. The van der Waals surface area contributed by atoms with Gasteiger partial charge in [-0.15, -0.1) is 0 Å². The van der Waals surface area contributed by atoms with Gasteiger partial charge in [0.2, 0.25) is 0 Å². The average molecular weight is 287 g/mol. The van der Waals surface area contributed by atoms with Gasteiger partial charge in [0.1, 0.15) is 5.75 Å². The fourth-order valence-corrected chi connectivity index (χ4v) is 2.38. The number of nitrogens with zero attached hydrogens (tertiary/aromatic N) is 1. The third kappa shape index (κ3) is 3.16. The number of pyridine rings is 1. The van der Waals surface area contributed by atoms with Gasteiger partial charge in [0.15, 0.2) is 0 Å². The lowest BCUT2D eigenvalue weighted by molar-refractivity contribution is 0.279. The molecule has 4 heteroatoms. The fraction of sp³-hybridized carbons (Fsp3) is 0.353. The summed E-state index contributed by atoms with van der Waals surface area (Å²) in [4.78, 5) is 12.4. The van der Waals surface area contributed by atoms with Gasteiger partial charge < -0.3 is 14.4 Å². The summed E-state index contributed by atoms with van der Waals surface area (Å²) in [5, 5.41) is 9.27. The van der Waals surface area contributed by atoms with E-state index >= 15 is 0 Å². The van der Waals surface area contributed by atoms with E-state index in [2.05, 4.69) is 0 Å². The van der Waals surface area contributed by atoms with Crippen LogP contribution in [0.15, 0.2) is 41.2 Å². The zero-order valence-electron chi connectivity index (χ0n) is 12.7. The van der Waals surface area contributed by atoms with E-state index in [-0.39, 0.29) is 18.2 Å². The van der Waals surface area contributed by atoms with Crippen molar-refractivity contribution in [1.82, 2.24) is 4.57 Å². The van der Waals surface area contributed by atoms with Gasteiger partial charge in [-0.1, -0.05) is 12.1 Å². The van der Waals surface area contributed by atoms with Crippen molar-refractivity contribution in [3.8, 4) is 17.0 Å². The molecule has 0 spiro atoms. The van der Waals surface area contributed by atoms with Crippen LogP contribution in [0, 0.1) is 0 Å². The highest BCUT2D eigenvalue weighted by Crippen LogP contribution is 2.25. The molecule has 0 saturated heterocycles. The predicted molar refractivity (Wildman–Crippen MR) is 83.6 cm³/mol. The number of aliphatic hydroxyl groups excluding tert-OH is 1. The summed E-state index contributed by atoms with van der Waals surface area (Å²) >= 11 is 0. The van der Waals surface area contributed by atoms with Crippen molar-refractivity contribution in [2.45, 2.75) is 33.4 Å². The summed E-state index contributed by atoms with van der Waals surface area (Å²) in [6, 6.07) is 11.3. The molecule has 0 aliphatic carbocycles. The Hall–Kier alpha value is -2.07. The molecule has 0 radical (unpaired) electrons. The molecule has 1 heterocycles. The lowest BCUT2D eigenvalue weighted by Crippen LogP contribution is -2.26. The van der Waals surface area contributed by atoms with Crippen LogP contribution in [0.25, 0.3) is 11.3 Å². The van der Waals surface area contributed by atoms with Crippen LogP contribution in [0.2, 0.25) is 0 Å². The highest BCUT2D eigenvalue weighted by Gasteiger charge is 2.13. The molecule has 21 heavy (non-hydrogen) atoms. The minimum absolute atomic E-state index is 0.00903. The number of hydrogen-bond acceptors (Lipinski definition) is 3. The average Bonchev–Trinajstić information content (AvgIpc) is 2.47. The van der Waals surface area contributed by atoms with E-state index < -0.39 is 0 Å². The Morgan fingerprint density at radius 3 is 2.62 bits per heavy atom. The van der Waals surface area contributed by atoms with Gasteiger partial charge in [0.05, 0.1) is 18.9 Å². The first-order valence-corrected chi connectivity index (χ1v) is 7.17. The summed E-state index contributed by atoms with van der Waals surface area (Å²) in [6.07, 6.45) is 0. The Morgan fingerprint density at radius 1 is 1.24 bits per heavy atom. The van der Waals surface area contributed by atoms with Crippen LogP contribution >= 0.6 is 0 Å². The Bertz CT molecular complexity index is 674. The molecule has 1 aromatic heterocycles. The summed E-state index contributed by atoms with van der Waals surface area (Å²) in [7, 11) is 0. The van der Waals surface area contributed by atoms with Crippen molar-refractivity contribution >= 4 is 0 Å². The molecule has 1 N–H and O–H groups in total. The van der Waals surface area contributed by atoms with E-state index in [9.17, 15) is 9.90 Å². The topological polar surface area (TPSA) is 51.5 Å². The number of benzene rings is 1. The molecule has 112 valence electrons. The minimum atomic E-state index is -0.245. The Labute approximate surface area is 124 Å². The maximum absolute atomic E-state index is 12.4. The molecule has 0 atom stereocenters. The number of rotatable bonds is 5. The predicted octanol–water partition coefficient (Wildman–Crippen LogP) is 2.99. The lowest BCUT2D eigenvalue weighted by atomic mass is 10.1. The SMILES string of the molecule is CCOc1cccc(-c2ccc(CO)c(=O)n2C(C)C)c1. The molecule has 0 unspecified atom stereocenters. The smallest absolute Gasteiger partial charge is 0.256 e. The Morgan fingerprint density at radius 2 is 2.00 bits per heavy atom. The molecule has 0 bridgehead atoms. The maximum atomic E-state index is 12.4. The molecular formula is C17H21NO3. The second kappa shape index (κ2) is 6.59. The maximum Gasteiger partial charge on any atom is 0.256 e. The van der Waals surface area contributed by atoms with Crippen LogP contribution in [0.5, 0.6) is 5.75 Å². The van der Waals surface area contributed by atoms with Gasteiger partial charge in [-0.25, -0.2) is 0 Å². The van der Waals surface area contributed by atoms with E-state index in [4.69, 9.17) is 4.74 Å². The number of hydrogen-bond donors (Lipinski definition) is 1. The minimum Gasteiger partial charge on any atom is -0.494 e. The van der Waals surface area contributed by atoms with Gasteiger partial charge in [-0.3, -0.25) is 4.79 Å². The van der Waals surface area contributed by atoms with Crippen molar-refractivity contribution in [2.75, 3.05) is 6.61 Å². The quantitative estimate of drug-likeness (QED) is 0.919. The zero-order valence-corrected chi connectivity index (χ0v) is 12.7. The van der Waals surface area contributed by atoms with Crippen LogP contribution in [-0.4, -0.2) is 16.3 Å². The normalized spacial score (nSPS) is 10.9. The first kappa shape index (κ1) is 15.3. The third-order valence-electron chi connectivity index (χ3n) is 3.32. The van der Waals surface area contributed by atoms with Gasteiger partial charge in [-0.05, 0) is 45.0 Å². The molecule has 0 fully saturated rings. The number of ether oxygens (including phenoxy) is 1. The van der Waals surface area contributed by atoms with Crippen LogP contribution in [0.1, 0.15) is 32.4 Å². The van der Waals surface area contributed by atoms with Crippen molar-refractivity contribution in [3.05, 3.63) is 52.3 Å². The lowest BCUT2D eigenvalue weighted by Gasteiger charge is -2.18. The highest BCUT2D eigenvalue weighted by molar-refractivity contribution is 5.62. The van der Waals surface area contributed by atoms with Crippen molar-refractivity contribution in [3.63, 3.8) is 0 Å². The van der Waals surface area contributed by atoms with Gasteiger partial charge >= 0.3 is 0 Å². The van der Waals surface area contributed by atoms with E-state index in [1.807, 2.05) is 51.1 Å². The third-order valence-corrected chi connectivity index (χ3v) is 3.32. The molecule has 1 aromatic carbocycles. The van der Waals surface area contributed by atoms with Gasteiger partial charge in [0, 0.05) is 17.2 Å². The summed E-state index contributed by atoms with van der Waals surface area (Å²) in [5.41, 5.74) is 2.02. The molecule has 0 aliphatic rings. The fourth-order valence-electron chi connectivity index (χ4n) is 2.38. The molecule has 2 rings (SSSR count). The van der Waals surface area contributed by atoms with Gasteiger partial charge in [-0.2, -0.15) is 0 Å². The van der Waals surface area contributed by atoms with Crippen LogP contribution in [-0.2, 0) is 6.61 Å². The second-order valence-corrected chi connectivity index (χ2v) is 5.13. The summed E-state index contributed by atoms with van der Waals surface area (Å²) < 4.78 is 7.22. The second-order valence-electron chi connectivity index (χ2n) is 5.13. The van der Waals surface area contributed by atoms with Crippen molar-refractivity contribution < 1.29 is 9.84 Å². The molecule has 0 saturated carbocycles. The van der Waals surface area contributed by atoms with E-state index in [1.54, 1.807) is 10.6 Å². The van der Waals surface area contributed by atoms with Crippen LogP contribution in [0.3, 0.4) is 0 Å². The Balaban J connectivity index is 2.61.